The predicted octanol–water partition coefficient (Wildman–Crippen LogP) is 5.30. The first-order valence-corrected chi connectivity index (χ1v) is 12.9. The average Bonchev–Trinajstić information content (AvgIpc) is 2.88. The van der Waals surface area contributed by atoms with Crippen molar-refractivity contribution in [2.24, 2.45) is 0 Å². The first-order chi connectivity index (χ1) is 18.4. The van der Waals surface area contributed by atoms with Crippen molar-refractivity contribution < 1.29 is 19.1 Å². The van der Waals surface area contributed by atoms with Gasteiger partial charge in [-0.05, 0) is 48.2 Å². The molecule has 202 valence electrons. The Morgan fingerprint density at radius 1 is 0.658 bits per heavy atom. The molecule has 10 heteroatoms. The lowest BCUT2D eigenvalue weighted by molar-refractivity contribution is -0.115. The molecule has 0 fully saturated rings. The Hall–Kier alpha value is -4.21. The zero-order chi connectivity index (χ0) is 27.2. The third-order valence-corrected chi connectivity index (χ3v) is 5.39. The van der Waals surface area contributed by atoms with E-state index in [2.05, 4.69) is 50.0 Å². The number of aromatic nitrogens is 3. The molecular weight excluding hydrogens is 484 g/mol. The summed E-state index contributed by atoms with van der Waals surface area (Å²) in [7, 11) is 0. The Balaban J connectivity index is 1.43. The van der Waals surface area contributed by atoms with Crippen molar-refractivity contribution in [1.29, 1.82) is 0 Å². The van der Waals surface area contributed by atoms with E-state index in [0.29, 0.717) is 19.6 Å². The summed E-state index contributed by atoms with van der Waals surface area (Å²) in [6.45, 7) is 6.66. The van der Waals surface area contributed by atoms with Crippen LogP contribution in [0.4, 0.5) is 17.8 Å². The zero-order valence-corrected chi connectivity index (χ0v) is 22.3. The van der Waals surface area contributed by atoms with Crippen molar-refractivity contribution in [3.8, 4) is 22.6 Å². The van der Waals surface area contributed by atoms with E-state index in [1.165, 1.54) is 33.1 Å². The molecule has 3 rings (SSSR count). The van der Waals surface area contributed by atoms with Gasteiger partial charge in [-0.3, -0.25) is 20.2 Å². The largest absolute Gasteiger partial charge is 0.494 e. The van der Waals surface area contributed by atoms with E-state index in [0.717, 1.165) is 35.7 Å². The summed E-state index contributed by atoms with van der Waals surface area (Å²) in [6.07, 6.45) is 5.45. The number of amides is 2. The molecule has 1 heterocycles. The van der Waals surface area contributed by atoms with E-state index in [1.54, 1.807) is 0 Å². The van der Waals surface area contributed by atoms with Crippen LogP contribution in [0.15, 0.2) is 48.5 Å². The normalized spacial score (nSPS) is 10.5. The number of unbranched alkanes of at least 4 members (excludes halogenated alkanes) is 3. The second-order valence-corrected chi connectivity index (χ2v) is 8.76. The summed E-state index contributed by atoms with van der Waals surface area (Å²) in [5.74, 6) is 1.38. The molecule has 0 saturated heterocycles. The molecule has 10 nitrogen and oxygen atoms in total. The van der Waals surface area contributed by atoms with Crippen molar-refractivity contribution in [1.82, 2.24) is 15.0 Å². The van der Waals surface area contributed by atoms with Crippen LogP contribution in [0.3, 0.4) is 0 Å². The second-order valence-electron chi connectivity index (χ2n) is 8.76. The monoisotopic (exact) mass is 520 g/mol. The Bertz CT molecular complexity index is 1130. The minimum Gasteiger partial charge on any atom is -0.494 e. The highest BCUT2D eigenvalue weighted by Crippen LogP contribution is 2.25. The van der Waals surface area contributed by atoms with Crippen LogP contribution < -0.4 is 25.4 Å². The molecular formula is C28H36N6O4. The van der Waals surface area contributed by atoms with Gasteiger partial charge in [-0.2, -0.15) is 15.0 Å². The van der Waals surface area contributed by atoms with Gasteiger partial charge in [0, 0.05) is 20.4 Å². The number of carbonyl (C=O) groups is 2. The van der Waals surface area contributed by atoms with Gasteiger partial charge in [0.15, 0.2) is 0 Å². The summed E-state index contributed by atoms with van der Waals surface area (Å²) >= 11 is 0. The van der Waals surface area contributed by atoms with Gasteiger partial charge in [-0.25, -0.2) is 0 Å². The maximum atomic E-state index is 11.3. The maximum absolute atomic E-state index is 11.3. The molecule has 0 bridgehead atoms. The van der Waals surface area contributed by atoms with Crippen LogP contribution in [0.25, 0.3) is 11.1 Å². The first-order valence-electron chi connectivity index (χ1n) is 12.9. The number of rotatable bonds is 15. The van der Waals surface area contributed by atoms with Crippen LogP contribution in [-0.4, -0.2) is 46.5 Å². The molecule has 2 amide bonds. The van der Waals surface area contributed by atoms with Gasteiger partial charge in [0.2, 0.25) is 29.7 Å². The lowest BCUT2D eigenvalue weighted by atomic mass is 10.1. The number of benzene rings is 2. The highest BCUT2D eigenvalue weighted by molar-refractivity contribution is 5.88. The molecule has 0 unspecified atom stereocenters. The van der Waals surface area contributed by atoms with Crippen LogP contribution >= 0.6 is 0 Å². The smallest absolute Gasteiger partial charge is 0.236 e. The van der Waals surface area contributed by atoms with Gasteiger partial charge in [-0.15, -0.1) is 0 Å². The van der Waals surface area contributed by atoms with Crippen LogP contribution in [0.1, 0.15) is 52.9 Å². The third-order valence-electron chi connectivity index (χ3n) is 5.39. The van der Waals surface area contributed by atoms with Gasteiger partial charge in [0.05, 0.1) is 13.2 Å². The number of carbonyl (C=O) groups excluding carboxylic acids is 2. The molecule has 3 N–H and O–H groups in total. The lowest BCUT2D eigenvalue weighted by Crippen LogP contribution is -2.17. The molecule has 38 heavy (non-hydrogen) atoms. The number of hydrogen-bond acceptors (Lipinski definition) is 8. The van der Waals surface area contributed by atoms with Gasteiger partial charge in [0.25, 0.3) is 0 Å². The molecule has 1 aromatic heterocycles. The van der Waals surface area contributed by atoms with Crippen molar-refractivity contribution in [2.45, 2.75) is 52.9 Å². The molecule has 3 aromatic rings. The Morgan fingerprint density at radius 3 is 1.61 bits per heavy atom. The van der Waals surface area contributed by atoms with Crippen LogP contribution in [0.2, 0.25) is 0 Å². The first kappa shape index (κ1) is 28.4. The van der Waals surface area contributed by atoms with Gasteiger partial charge in [0.1, 0.15) is 11.5 Å². The number of ether oxygens (including phenoxy) is 2. The van der Waals surface area contributed by atoms with Crippen molar-refractivity contribution in [3.05, 3.63) is 48.5 Å². The van der Waals surface area contributed by atoms with Crippen molar-refractivity contribution in [2.75, 3.05) is 35.7 Å². The van der Waals surface area contributed by atoms with E-state index >= 15 is 0 Å². The highest BCUT2D eigenvalue weighted by atomic mass is 16.5. The van der Waals surface area contributed by atoms with Gasteiger partial charge >= 0.3 is 0 Å². The molecule has 0 spiro atoms. The predicted molar refractivity (Wildman–Crippen MR) is 149 cm³/mol. The molecule has 0 atom stereocenters. The number of nitrogens with one attached hydrogen (secondary N) is 3. The van der Waals surface area contributed by atoms with E-state index in [9.17, 15) is 9.59 Å². The molecule has 2 aromatic carbocycles. The minimum absolute atomic E-state index is 0.0552. The molecule has 0 saturated carbocycles. The van der Waals surface area contributed by atoms with E-state index in [4.69, 9.17) is 9.47 Å². The second kappa shape index (κ2) is 15.1. The van der Waals surface area contributed by atoms with Crippen LogP contribution in [0.5, 0.6) is 11.5 Å². The standard InChI is InChI=1S/C28H36N6O4/c1-4-5-6-7-18-37-24-13-9-22(10-14-24)23-11-15-25(16-12-23)38-19-8-17-29-26-32-27(30-20(2)35)34-28(33-26)31-21(3)36/h9-16H,4-8,17-19H2,1-3H3,(H3,29,30,31,32,33,34,35,36). The van der Waals surface area contributed by atoms with Crippen molar-refractivity contribution in [3.63, 3.8) is 0 Å². The summed E-state index contributed by atoms with van der Waals surface area (Å²) in [5.41, 5.74) is 2.22. The fourth-order valence-corrected chi connectivity index (χ4v) is 3.55. The Labute approximate surface area is 223 Å². The fraction of sp³-hybridized carbons (Fsp3) is 0.393. The zero-order valence-electron chi connectivity index (χ0n) is 22.3. The number of anilines is 3. The molecule has 0 radical (unpaired) electrons. The lowest BCUT2D eigenvalue weighted by Gasteiger charge is -2.10. The topological polar surface area (TPSA) is 127 Å². The van der Waals surface area contributed by atoms with E-state index < -0.39 is 0 Å². The summed E-state index contributed by atoms with van der Waals surface area (Å²) in [5, 5.41) is 8.04. The number of nitrogens with zero attached hydrogens (tertiary/aromatic N) is 3. The van der Waals surface area contributed by atoms with Crippen LogP contribution in [0, 0.1) is 0 Å². The quantitative estimate of drug-likeness (QED) is 0.231. The Kier molecular flexibility index (Phi) is 11.3. The van der Waals surface area contributed by atoms with E-state index in [1.807, 2.05) is 36.4 Å². The molecule has 0 aliphatic rings. The average molecular weight is 521 g/mol. The molecule has 0 aliphatic carbocycles. The summed E-state index contributed by atoms with van der Waals surface area (Å²) < 4.78 is 11.7. The van der Waals surface area contributed by atoms with Crippen molar-refractivity contribution >= 4 is 29.7 Å². The minimum atomic E-state index is -0.324. The number of hydrogen-bond donors (Lipinski definition) is 3. The SMILES string of the molecule is CCCCCCOc1ccc(-c2ccc(OCCCNc3nc(NC(C)=O)nc(NC(C)=O)n3)cc2)cc1. The Morgan fingerprint density at radius 2 is 1.13 bits per heavy atom. The van der Waals surface area contributed by atoms with Crippen LogP contribution in [-0.2, 0) is 9.59 Å². The van der Waals surface area contributed by atoms with Gasteiger partial charge in [-0.1, -0.05) is 50.5 Å². The third kappa shape index (κ3) is 10.0. The highest BCUT2D eigenvalue weighted by Gasteiger charge is 2.09. The summed E-state index contributed by atoms with van der Waals surface area (Å²) in [6, 6.07) is 16.1. The fourth-order valence-electron chi connectivity index (χ4n) is 3.55. The summed E-state index contributed by atoms with van der Waals surface area (Å²) in [4.78, 5) is 34.9. The molecule has 0 aliphatic heterocycles. The maximum Gasteiger partial charge on any atom is 0.236 e. The van der Waals surface area contributed by atoms with E-state index in [-0.39, 0.29) is 29.7 Å². The van der Waals surface area contributed by atoms with Gasteiger partial charge < -0.3 is 14.8 Å².